The van der Waals surface area contributed by atoms with Crippen LogP contribution in [0.2, 0.25) is 5.02 Å². The van der Waals surface area contributed by atoms with Crippen molar-refractivity contribution >= 4 is 17.6 Å². The minimum Gasteiger partial charge on any atom is -0.481 e. The third-order valence-electron chi connectivity index (χ3n) is 2.82. The van der Waals surface area contributed by atoms with Gasteiger partial charge in [-0.2, -0.15) is 5.10 Å². The molecule has 1 atom stereocenters. The number of hydrogen-bond donors (Lipinski definition) is 2. The van der Waals surface area contributed by atoms with E-state index in [0.717, 1.165) is 11.3 Å². The molecule has 2 rings (SSSR count). The summed E-state index contributed by atoms with van der Waals surface area (Å²) < 4.78 is 1.66. The molecule has 0 spiro atoms. The average Bonchev–Trinajstić information content (AvgIpc) is 2.89. The molecule has 0 fully saturated rings. The second-order valence-electron chi connectivity index (χ2n) is 4.20. The molecule has 0 aliphatic rings. The molecule has 0 aliphatic heterocycles. The van der Waals surface area contributed by atoms with E-state index in [4.69, 9.17) is 22.4 Å². The van der Waals surface area contributed by atoms with E-state index < -0.39 is 5.97 Å². The number of carboxylic acid groups (broad SMARTS) is 1. The zero-order valence-corrected chi connectivity index (χ0v) is 10.9. The minimum atomic E-state index is -0.852. The summed E-state index contributed by atoms with van der Waals surface area (Å²) >= 11 is 6.19. The lowest BCUT2D eigenvalue weighted by atomic mass is 10.0. The van der Waals surface area contributed by atoms with E-state index in [2.05, 4.69) is 5.10 Å². The first-order valence-corrected chi connectivity index (χ1v) is 6.22. The first kappa shape index (κ1) is 13.6. The molecule has 3 N–H and O–H groups in total. The molecule has 1 aromatic carbocycles. The summed E-state index contributed by atoms with van der Waals surface area (Å²) in [5, 5.41) is 13.3. The van der Waals surface area contributed by atoms with Gasteiger partial charge in [0.15, 0.2) is 0 Å². The molecule has 1 aromatic heterocycles. The number of benzene rings is 1. The zero-order valence-electron chi connectivity index (χ0n) is 10.2. The molecule has 5 nitrogen and oxygen atoms in total. The van der Waals surface area contributed by atoms with Crippen LogP contribution in [0.1, 0.15) is 24.4 Å². The molecule has 1 unspecified atom stereocenters. The van der Waals surface area contributed by atoms with Gasteiger partial charge in [0.2, 0.25) is 0 Å². The molecule has 0 saturated heterocycles. The van der Waals surface area contributed by atoms with Crippen molar-refractivity contribution in [1.29, 1.82) is 0 Å². The summed E-state index contributed by atoms with van der Waals surface area (Å²) in [6.45, 7) is 0. The van der Waals surface area contributed by atoms with Crippen LogP contribution in [0.3, 0.4) is 0 Å². The number of carbonyl (C=O) groups is 1. The van der Waals surface area contributed by atoms with Crippen molar-refractivity contribution in [1.82, 2.24) is 9.78 Å². The van der Waals surface area contributed by atoms with Crippen LogP contribution in [-0.2, 0) is 4.79 Å². The van der Waals surface area contributed by atoms with Gasteiger partial charge in [-0.3, -0.25) is 4.79 Å². The van der Waals surface area contributed by atoms with E-state index in [1.807, 2.05) is 18.2 Å². The van der Waals surface area contributed by atoms with Gasteiger partial charge in [-0.1, -0.05) is 17.7 Å². The van der Waals surface area contributed by atoms with Gasteiger partial charge in [-0.15, -0.1) is 0 Å². The van der Waals surface area contributed by atoms with Crippen molar-refractivity contribution < 1.29 is 9.90 Å². The van der Waals surface area contributed by atoms with Crippen LogP contribution >= 0.6 is 11.6 Å². The number of carboxylic acids is 1. The topological polar surface area (TPSA) is 81.1 Å². The summed E-state index contributed by atoms with van der Waals surface area (Å²) in [6.07, 6.45) is 3.89. The Bertz CT molecular complexity index is 569. The van der Waals surface area contributed by atoms with Crippen molar-refractivity contribution in [3.05, 3.63) is 47.2 Å². The average molecular weight is 280 g/mol. The zero-order chi connectivity index (χ0) is 13.8. The van der Waals surface area contributed by atoms with E-state index in [9.17, 15) is 4.79 Å². The SMILES string of the molecule is NC(CCC(=O)O)c1ccc(-n2cccn2)c(Cl)c1. The van der Waals surface area contributed by atoms with Crippen LogP contribution in [0.25, 0.3) is 5.69 Å². The number of aliphatic carboxylic acids is 1. The third-order valence-corrected chi connectivity index (χ3v) is 3.12. The minimum absolute atomic E-state index is 0.0414. The van der Waals surface area contributed by atoms with E-state index in [1.54, 1.807) is 23.1 Å². The van der Waals surface area contributed by atoms with Gasteiger partial charge in [0, 0.05) is 24.9 Å². The monoisotopic (exact) mass is 279 g/mol. The van der Waals surface area contributed by atoms with Crippen LogP contribution in [0.5, 0.6) is 0 Å². The summed E-state index contributed by atoms with van der Waals surface area (Å²) in [7, 11) is 0. The highest BCUT2D eigenvalue weighted by molar-refractivity contribution is 6.32. The van der Waals surface area contributed by atoms with Gasteiger partial charge < -0.3 is 10.8 Å². The highest BCUT2D eigenvalue weighted by atomic mass is 35.5. The maximum Gasteiger partial charge on any atom is 0.303 e. The van der Waals surface area contributed by atoms with Crippen molar-refractivity contribution in [3.8, 4) is 5.69 Å². The van der Waals surface area contributed by atoms with Crippen molar-refractivity contribution in [2.24, 2.45) is 5.73 Å². The predicted octanol–water partition coefficient (Wildman–Crippen LogP) is 2.39. The van der Waals surface area contributed by atoms with Gasteiger partial charge in [0.05, 0.1) is 10.7 Å². The molecule has 100 valence electrons. The van der Waals surface area contributed by atoms with Gasteiger partial charge in [-0.25, -0.2) is 4.68 Å². The van der Waals surface area contributed by atoms with Crippen molar-refractivity contribution in [2.75, 3.05) is 0 Å². The molecule has 0 bridgehead atoms. The van der Waals surface area contributed by atoms with Gasteiger partial charge in [0.1, 0.15) is 0 Å². The fourth-order valence-corrected chi connectivity index (χ4v) is 2.07. The number of halogens is 1. The number of aromatic nitrogens is 2. The maximum atomic E-state index is 10.5. The quantitative estimate of drug-likeness (QED) is 0.880. The Kier molecular flexibility index (Phi) is 4.19. The van der Waals surface area contributed by atoms with Crippen LogP contribution in [-0.4, -0.2) is 20.9 Å². The normalized spacial score (nSPS) is 12.3. The molecule has 0 aliphatic carbocycles. The highest BCUT2D eigenvalue weighted by Gasteiger charge is 2.11. The Morgan fingerprint density at radius 1 is 1.53 bits per heavy atom. The van der Waals surface area contributed by atoms with E-state index in [1.165, 1.54) is 0 Å². The molecule has 2 aromatic rings. The second-order valence-corrected chi connectivity index (χ2v) is 4.61. The van der Waals surface area contributed by atoms with Crippen LogP contribution in [0.4, 0.5) is 0 Å². The molecule has 19 heavy (non-hydrogen) atoms. The van der Waals surface area contributed by atoms with Crippen molar-refractivity contribution in [3.63, 3.8) is 0 Å². The Morgan fingerprint density at radius 3 is 2.89 bits per heavy atom. The standard InChI is InChI=1S/C13H14ClN3O2/c14-10-8-9(11(15)3-5-13(18)19)2-4-12(10)17-7-1-6-16-17/h1-2,4,6-8,11H,3,5,15H2,(H,18,19). The van der Waals surface area contributed by atoms with Gasteiger partial charge in [0.25, 0.3) is 0 Å². The molecule has 0 saturated carbocycles. The number of hydrogen-bond acceptors (Lipinski definition) is 3. The second kappa shape index (κ2) is 5.86. The highest BCUT2D eigenvalue weighted by Crippen LogP contribution is 2.25. The summed E-state index contributed by atoms with van der Waals surface area (Å²) in [5.74, 6) is -0.852. The Hall–Kier alpha value is -1.85. The van der Waals surface area contributed by atoms with E-state index >= 15 is 0 Å². The lowest BCUT2D eigenvalue weighted by molar-refractivity contribution is -0.137. The molecule has 1 heterocycles. The molecular weight excluding hydrogens is 266 g/mol. The van der Waals surface area contributed by atoms with Crippen LogP contribution < -0.4 is 5.73 Å². The number of nitrogens with zero attached hydrogens (tertiary/aromatic N) is 2. The predicted molar refractivity (Wildman–Crippen MR) is 72.4 cm³/mol. The summed E-state index contributed by atoms with van der Waals surface area (Å²) in [5.41, 5.74) is 7.52. The largest absolute Gasteiger partial charge is 0.481 e. The first-order chi connectivity index (χ1) is 9.08. The smallest absolute Gasteiger partial charge is 0.303 e. The van der Waals surface area contributed by atoms with Crippen molar-refractivity contribution in [2.45, 2.75) is 18.9 Å². The Balaban J connectivity index is 2.17. The lowest BCUT2D eigenvalue weighted by Gasteiger charge is -2.13. The molecular formula is C13H14ClN3O2. The fourth-order valence-electron chi connectivity index (χ4n) is 1.80. The Morgan fingerprint density at radius 2 is 2.32 bits per heavy atom. The lowest BCUT2D eigenvalue weighted by Crippen LogP contribution is -2.12. The fraction of sp³-hybridized carbons (Fsp3) is 0.231. The van der Waals surface area contributed by atoms with Crippen LogP contribution in [0, 0.1) is 0 Å². The first-order valence-electron chi connectivity index (χ1n) is 5.85. The third kappa shape index (κ3) is 3.33. The molecule has 0 amide bonds. The van der Waals surface area contributed by atoms with E-state index in [-0.39, 0.29) is 12.5 Å². The molecule has 6 heteroatoms. The molecule has 0 radical (unpaired) electrons. The Labute approximate surface area is 115 Å². The van der Waals surface area contributed by atoms with E-state index in [0.29, 0.717) is 11.4 Å². The summed E-state index contributed by atoms with van der Waals surface area (Å²) in [4.78, 5) is 10.5. The van der Waals surface area contributed by atoms with Crippen LogP contribution in [0.15, 0.2) is 36.7 Å². The number of rotatable bonds is 5. The summed E-state index contributed by atoms with van der Waals surface area (Å²) in [6, 6.07) is 6.90. The number of nitrogens with two attached hydrogens (primary N) is 1. The van der Waals surface area contributed by atoms with Gasteiger partial charge >= 0.3 is 5.97 Å². The maximum absolute atomic E-state index is 10.5. The van der Waals surface area contributed by atoms with Gasteiger partial charge in [-0.05, 0) is 30.2 Å².